The molecule has 2 N–H and O–H groups in total. The molecular formula is C26H27Cl2FN2O2. The summed E-state index contributed by atoms with van der Waals surface area (Å²) in [5.41, 5.74) is 3.24. The summed E-state index contributed by atoms with van der Waals surface area (Å²) in [6.45, 7) is 5.49. The first-order chi connectivity index (χ1) is 15.5. The summed E-state index contributed by atoms with van der Waals surface area (Å²) in [4.78, 5) is 16.5. The maximum atomic E-state index is 14.9. The molecular weight excluding hydrogens is 462 g/mol. The molecule has 0 saturated heterocycles. The van der Waals surface area contributed by atoms with E-state index in [4.69, 9.17) is 28.3 Å². The Morgan fingerprint density at radius 2 is 1.94 bits per heavy atom. The van der Waals surface area contributed by atoms with Crippen molar-refractivity contribution in [3.05, 3.63) is 74.9 Å². The maximum absolute atomic E-state index is 14.9. The van der Waals surface area contributed by atoms with Crippen molar-refractivity contribution in [1.82, 2.24) is 9.88 Å². The lowest BCUT2D eigenvalue weighted by Crippen LogP contribution is -2.48. The van der Waals surface area contributed by atoms with Gasteiger partial charge in [0.1, 0.15) is 5.67 Å². The van der Waals surface area contributed by atoms with E-state index in [0.29, 0.717) is 15.6 Å². The summed E-state index contributed by atoms with van der Waals surface area (Å²) < 4.78 is 14.9. The number of benzene rings is 2. The molecule has 1 aromatic heterocycles. The van der Waals surface area contributed by atoms with Crippen LogP contribution in [0.3, 0.4) is 0 Å². The lowest BCUT2D eigenvalue weighted by atomic mass is 9.87. The summed E-state index contributed by atoms with van der Waals surface area (Å²) in [6, 6.07) is 11.4. The summed E-state index contributed by atoms with van der Waals surface area (Å²) >= 11 is 13.6. The number of nitrogens with one attached hydrogen (secondary N) is 1. The van der Waals surface area contributed by atoms with Gasteiger partial charge < -0.3 is 10.1 Å². The number of hydrogen-bond acceptors (Lipinski definition) is 2. The highest BCUT2D eigenvalue weighted by Gasteiger charge is 2.40. The zero-order chi connectivity index (χ0) is 23.9. The van der Waals surface area contributed by atoms with Crippen molar-refractivity contribution >= 4 is 46.2 Å². The smallest absolute Gasteiger partial charge is 0.307 e. The first-order valence-electron chi connectivity index (χ1n) is 11.0. The van der Waals surface area contributed by atoms with Crippen LogP contribution in [0.15, 0.2) is 42.5 Å². The van der Waals surface area contributed by atoms with Gasteiger partial charge >= 0.3 is 5.97 Å². The second-order valence-electron chi connectivity index (χ2n) is 9.31. The highest BCUT2D eigenvalue weighted by atomic mass is 35.5. The van der Waals surface area contributed by atoms with E-state index in [0.717, 1.165) is 28.6 Å². The Hall–Kier alpha value is -2.34. The van der Waals surface area contributed by atoms with Crippen LogP contribution in [0.2, 0.25) is 10.0 Å². The van der Waals surface area contributed by atoms with Crippen molar-refractivity contribution in [3.8, 4) is 0 Å². The molecule has 0 unspecified atom stereocenters. The molecule has 0 bridgehead atoms. The van der Waals surface area contributed by atoms with Crippen molar-refractivity contribution in [2.75, 3.05) is 6.54 Å². The van der Waals surface area contributed by atoms with Crippen LogP contribution in [0.5, 0.6) is 0 Å². The van der Waals surface area contributed by atoms with E-state index < -0.39 is 11.6 Å². The number of fused-ring (bicyclic) bond motifs is 3. The molecule has 7 heteroatoms. The van der Waals surface area contributed by atoms with Gasteiger partial charge in [0.15, 0.2) is 0 Å². The molecule has 0 fully saturated rings. The molecule has 3 aromatic rings. The Labute approximate surface area is 203 Å². The number of para-hydroxylation sites is 1. The van der Waals surface area contributed by atoms with E-state index >= 15 is 0 Å². The number of carbonyl (C=O) groups is 1. The van der Waals surface area contributed by atoms with E-state index in [2.05, 4.69) is 22.9 Å². The minimum atomic E-state index is -1.41. The van der Waals surface area contributed by atoms with Crippen molar-refractivity contribution in [2.24, 2.45) is 0 Å². The maximum Gasteiger partial charge on any atom is 0.307 e. The van der Waals surface area contributed by atoms with E-state index in [9.17, 15) is 9.18 Å². The first kappa shape index (κ1) is 23.8. The minimum absolute atomic E-state index is 0.0685. The number of alkyl halides is 1. The lowest BCUT2D eigenvalue weighted by Gasteiger charge is -2.43. The van der Waals surface area contributed by atoms with Crippen molar-refractivity contribution < 1.29 is 14.3 Å². The fourth-order valence-corrected chi connectivity index (χ4v) is 5.47. The Bertz CT molecular complexity index is 1210. The first-order valence-corrected chi connectivity index (χ1v) is 11.7. The molecule has 2 aromatic carbocycles. The fourth-order valence-electron chi connectivity index (χ4n) is 4.76. The number of aliphatic carboxylic acids is 1. The molecule has 4 rings (SSSR count). The third-order valence-corrected chi connectivity index (χ3v) is 6.68. The second kappa shape index (κ2) is 9.13. The Morgan fingerprint density at radius 1 is 1.27 bits per heavy atom. The molecule has 0 spiro atoms. The molecule has 2 atom stereocenters. The SMILES string of the molecule is C[C@@H]1Cc2c([nH]c3ccccc23)[C@@H](c2c(Cl)cc(/C=C/CC(=O)O)cc2Cl)N1CC(C)(C)F. The largest absolute Gasteiger partial charge is 0.481 e. The normalized spacial score (nSPS) is 19.3. The number of aromatic nitrogens is 1. The van der Waals surface area contributed by atoms with Gasteiger partial charge in [-0.3, -0.25) is 9.69 Å². The van der Waals surface area contributed by atoms with Crippen LogP contribution < -0.4 is 0 Å². The van der Waals surface area contributed by atoms with Gasteiger partial charge in [-0.15, -0.1) is 0 Å². The zero-order valence-corrected chi connectivity index (χ0v) is 20.3. The number of hydrogen-bond donors (Lipinski definition) is 2. The van der Waals surface area contributed by atoms with Crippen LogP contribution >= 0.6 is 23.2 Å². The van der Waals surface area contributed by atoms with Crippen LogP contribution in [0.4, 0.5) is 4.39 Å². The van der Waals surface area contributed by atoms with Crippen LogP contribution in [-0.4, -0.2) is 39.2 Å². The van der Waals surface area contributed by atoms with E-state index in [1.807, 2.05) is 18.2 Å². The molecule has 1 aliphatic rings. The van der Waals surface area contributed by atoms with E-state index in [1.54, 1.807) is 38.1 Å². The Morgan fingerprint density at radius 3 is 2.58 bits per heavy atom. The molecule has 174 valence electrons. The number of aromatic amines is 1. The highest BCUT2D eigenvalue weighted by molar-refractivity contribution is 6.36. The van der Waals surface area contributed by atoms with Gasteiger partial charge in [-0.2, -0.15) is 0 Å². The van der Waals surface area contributed by atoms with Gasteiger partial charge in [0.2, 0.25) is 0 Å². The summed E-state index contributed by atoms with van der Waals surface area (Å²) in [7, 11) is 0. The van der Waals surface area contributed by atoms with Crippen molar-refractivity contribution in [2.45, 2.75) is 51.4 Å². The molecule has 33 heavy (non-hydrogen) atoms. The summed E-state index contributed by atoms with van der Waals surface area (Å²) in [5.74, 6) is -0.910. The van der Waals surface area contributed by atoms with Crippen LogP contribution in [0.25, 0.3) is 17.0 Å². The number of carboxylic acid groups (broad SMARTS) is 1. The van der Waals surface area contributed by atoms with E-state index in [1.165, 1.54) is 5.56 Å². The van der Waals surface area contributed by atoms with Gasteiger partial charge in [-0.05, 0) is 56.5 Å². The fraction of sp³-hybridized carbons (Fsp3) is 0.346. The quantitative estimate of drug-likeness (QED) is 0.390. The predicted molar refractivity (Wildman–Crippen MR) is 133 cm³/mol. The Kier molecular flexibility index (Phi) is 6.59. The van der Waals surface area contributed by atoms with Gasteiger partial charge in [0.25, 0.3) is 0 Å². The number of halogens is 3. The van der Waals surface area contributed by atoms with Crippen molar-refractivity contribution in [1.29, 1.82) is 0 Å². The average molecular weight is 489 g/mol. The average Bonchev–Trinajstić information content (AvgIpc) is 3.06. The molecule has 4 nitrogen and oxygen atoms in total. The Balaban J connectivity index is 1.87. The molecule has 1 aliphatic heterocycles. The molecule has 0 saturated carbocycles. The molecule has 0 amide bonds. The second-order valence-corrected chi connectivity index (χ2v) is 10.1. The molecule has 0 radical (unpaired) electrons. The van der Waals surface area contributed by atoms with Crippen LogP contribution in [-0.2, 0) is 11.2 Å². The standard InChI is InChI=1S/C26H27Cl2FN2O2/c1-15-11-18-17-8-4-5-9-21(17)30-24(18)25(31(15)14-26(2,3)29)23-19(27)12-16(13-20(23)28)7-6-10-22(32)33/h4-9,12-13,15,25,30H,10-11,14H2,1-3H3,(H,32,33)/b7-6+/t15-,25-/m1/s1. The van der Waals surface area contributed by atoms with E-state index in [-0.39, 0.29) is 25.0 Å². The monoisotopic (exact) mass is 488 g/mol. The topological polar surface area (TPSA) is 56.3 Å². The van der Waals surface area contributed by atoms with Gasteiger partial charge in [-0.25, -0.2) is 4.39 Å². The third kappa shape index (κ3) is 4.96. The van der Waals surface area contributed by atoms with Gasteiger partial charge in [0, 0.05) is 44.8 Å². The number of H-pyrrole nitrogens is 1. The zero-order valence-electron chi connectivity index (χ0n) is 18.8. The highest BCUT2D eigenvalue weighted by Crippen LogP contribution is 2.46. The predicted octanol–water partition coefficient (Wildman–Crippen LogP) is 7.05. The molecule has 0 aliphatic carbocycles. The van der Waals surface area contributed by atoms with Crippen molar-refractivity contribution in [3.63, 3.8) is 0 Å². The van der Waals surface area contributed by atoms with Gasteiger partial charge in [0.05, 0.1) is 12.5 Å². The third-order valence-electron chi connectivity index (χ3n) is 6.05. The van der Waals surface area contributed by atoms with Crippen LogP contribution in [0, 0.1) is 0 Å². The summed E-state index contributed by atoms with van der Waals surface area (Å²) in [5, 5.41) is 11.0. The minimum Gasteiger partial charge on any atom is -0.481 e. The van der Waals surface area contributed by atoms with Gasteiger partial charge in [-0.1, -0.05) is 53.6 Å². The number of carboxylic acids is 1. The number of nitrogens with zero attached hydrogens (tertiary/aromatic N) is 1. The molecule has 2 heterocycles. The van der Waals surface area contributed by atoms with Crippen LogP contribution in [0.1, 0.15) is 55.6 Å². The lowest BCUT2D eigenvalue weighted by molar-refractivity contribution is -0.135. The number of rotatable bonds is 6. The summed E-state index contributed by atoms with van der Waals surface area (Å²) in [6.07, 6.45) is 3.95.